The quantitative estimate of drug-likeness (QED) is 0.360. The van der Waals surface area contributed by atoms with Crippen LogP contribution in [0, 0.1) is 5.92 Å². The highest BCUT2D eigenvalue weighted by atomic mass is 16.2. The van der Waals surface area contributed by atoms with Crippen molar-refractivity contribution in [2.24, 2.45) is 11.7 Å². The zero-order valence-corrected chi connectivity index (χ0v) is 21.1. The smallest absolute Gasteiger partial charge is 0.266 e. The molecule has 12 nitrogen and oxygen atoms in total. The third-order valence-electron chi connectivity index (χ3n) is 7.88. The van der Waals surface area contributed by atoms with Crippen LogP contribution in [0.5, 0.6) is 0 Å². The second-order valence-corrected chi connectivity index (χ2v) is 10.8. The number of carbonyl (C=O) groups excluding carboxylic acids is 2. The second-order valence-electron chi connectivity index (χ2n) is 10.8. The second kappa shape index (κ2) is 9.33. The van der Waals surface area contributed by atoms with Gasteiger partial charge in [0, 0.05) is 37.9 Å². The van der Waals surface area contributed by atoms with Crippen molar-refractivity contribution in [2.75, 3.05) is 36.4 Å². The molecule has 3 aromatic rings. The number of anilines is 3. The van der Waals surface area contributed by atoms with Gasteiger partial charge in [-0.15, -0.1) is 0 Å². The van der Waals surface area contributed by atoms with Gasteiger partial charge in [-0.1, -0.05) is 0 Å². The van der Waals surface area contributed by atoms with Crippen molar-refractivity contribution >= 4 is 35.2 Å². The fraction of sp³-hybridized carbons (Fsp3) is 0.560. The molecule has 3 fully saturated rings. The van der Waals surface area contributed by atoms with Crippen molar-refractivity contribution in [2.45, 2.75) is 57.0 Å². The Kier molecular flexibility index (Phi) is 5.98. The number of amides is 2. The third kappa shape index (κ3) is 4.73. The molecule has 5 heterocycles. The molecular weight excluding hydrogens is 472 g/mol. The van der Waals surface area contributed by atoms with Gasteiger partial charge in [0.2, 0.25) is 17.8 Å². The fourth-order valence-electron chi connectivity index (χ4n) is 5.62. The number of hydrogen-bond donors (Lipinski definition) is 4. The van der Waals surface area contributed by atoms with E-state index in [1.807, 2.05) is 30.2 Å². The summed E-state index contributed by atoms with van der Waals surface area (Å²) in [5.41, 5.74) is 5.49. The van der Waals surface area contributed by atoms with Crippen LogP contribution >= 0.6 is 0 Å². The summed E-state index contributed by atoms with van der Waals surface area (Å²) >= 11 is 0. The number of hydrogen-bond acceptors (Lipinski definition) is 8. The van der Waals surface area contributed by atoms with Gasteiger partial charge in [-0.3, -0.25) is 19.1 Å². The van der Waals surface area contributed by atoms with Gasteiger partial charge < -0.3 is 26.2 Å². The van der Waals surface area contributed by atoms with Gasteiger partial charge in [-0.05, 0) is 70.0 Å². The summed E-state index contributed by atoms with van der Waals surface area (Å²) < 4.78 is 1.80. The summed E-state index contributed by atoms with van der Waals surface area (Å²) in [7, 11) is 0. The average molecular weight is 507 g/mol. The molecule has 0 radical (unpaired) electrons. The van der Waals surface area contributed by atoms with E-state index in [4.69, 9.17) is 15.7 Å². The number of likely N-dealkylation sites (tertiary alicyclic amines) is 1. The lowest BCUT2D eigenvalue weighted by atomic mass is 9.96. The summed E-state index contributed by atoms with van der Waals surface area (Å²) in [5, 5.41) is 13.2. The number of H-pyrrole nitrogens is 1. The molecule has 2 amide bonds. The summed E-state index contributed by atoms with van der Waals surface area (Å²) in [6.45, 7) is 5.90. The lowest BCUT2D eigenvalue weighted by molar-refractivity contribution is -0.126. The Labute approximate surface area is 215 Å². The number of nitrogens with one attached hydrogen (secondary N) is 3. The molecule has 3 aromatic heterocycles. The minimum absolute atomic E-state index is 0.0371. The molecule has 37 heavy (non-hydrogen) atoms. The molecule has 12 heteroatoms. The molecule has 196 valence electrons. The summed E-state index contributed by atoms with van der Waals surface area (Å²) in [6.07, 6.45) is 8.27. The van der Waals surface area contributed by atoms with Gasteiger partial charge >= 0.3 is 0 Å². The molecule has 0 bridgehead atoms. The van der Waals surface area contributed by atoms with E-state index in [2.05, 4.69) is 25.7 Å². The monoisotopic (exact) mass is 506 g/mol. The topological polar surface area (TPSA) is 150 Å². The van der Waals surface area contributed by atoms with Crippen molar-refractivity contribution in [3.05, 3.63) is 30.1 Å². The zero-order chi connectivity index (χ0) is 25.6. The Balaban J connectivity index is 1.22. The van der Waals surface area contributed by atoms with Gasteiger partial charge in [0.15, 0.2) is 5.82 Å². The Hall–Kier alpha value is -3.67. The Morgan fingerprint density at radius 2 is 2.08 bits per heavy atom. The first-order chi connectivity index (χ1) is 17.9. The van der Waals surface area contributed by atoms with Gasteiger partial charge in [-0.2, -0.15) is 15.1 Å². The SMILES string of the molecule is C[C@@]1(C(=O)NC2CCCN(CC3CC3)C2)CCCN1c1nc(Nc2cc(C(N)=O)[nH]n2)n2cccc2n1. The van der Waals surface area contributed by atoms with E-state index in [-0.39, 0.29) is 17.6 Å². The van der Waals surface area contributed by atoms with Gasteiger partial charge in [0.25, 0.3) is 5.91 Å². The molecule has 1 aliphatic carbocycles. The van der Waals surface area contributed by atoms with Crippen LogP contribution in [0.3, 0.4) is 0 Å². The predicted molar refractivity (Wildman–Crippen MR) is 139 cm³/mol. The number of primary amides is 1. The molecule has 2 saturated heterocycles. The Bertz CT molecular complexity index is 1310. The molecular formula is C25H34N10O2. The third-order valence-corrected chi connectivity index (χ3v) is 7.88. The van der Waals surface area contributed by atoms with E-state index in [0.717, 1.165) is 51.2 Å². The molecule has 2 atom stereocenters. The van der Waals surface area contributed by atoms with E-state index in [1.54, 1.807) is 4.40 Å². The van der Waals surface area contributed by atoms with Crippen molar-refractivity contribution in [1.82, 2.24) is 34.8 Å². The van der Waals surface area contributed by atoms with E-state index >= 15 is 0 Å². The maximum atomic E-state index is 13.7. The minimum atomic E-state index is -0.744. The van der Waals surface area contributed by atoms with Crippen molar-refractivity contribution < 1.29 is 9.59 Å². The number of aromatic nitrogens is 5. The molecule has 1 saturated carbocycles. The lowest BCUT2D eigenvalue weighted by Gasteiger charge is -2.38. The molecule has 6 rings (SSSR count). The lowest BCUT2D eigenvalue weighted by Crippen LogP contribution is -2.58. The summed E-state index contributed by atoms with van der Waals surface area (Å²) in [6, 6.07) is 5.47. The van der Waals surface area contributed by atoms with Crippen LogP contribution in [0.15, 0.2) is 24.4 Å². The Morgan fingerprint density at radius 1 is 1.22 bits per heavy atom. The van der Waals surface area contributed by atoms with Crippen LogP contribution < -0.4 is 21.3 Å². The molecule has 5 N–H and O–H groups in total. The molecule has 3 aliphatic rings. The van der Waals surface area contributed by atoms with E-state index in [0.29, 0.717) is 29.9 Å². The standard InChI is InChI=1S/C25H34N10O2/c1-25(22(37)27-17-5-2-10-33(15-17)14-16-7-8-16)9-4-12-35(25)24-29-20-6-3-11-34(20)23(30-24)28-19-13-18(21(26)36)31-32-19/h3,6,11,13,16-17H,2,4-5,7-10,12,14-15H2,1H3,(H2,26,36)(H,27,37)(H2,28,29,30,31,32)/t17?,25-/m0/s1. The van der Waals surface area contributed by atoms with Crippen molar-refractivity contribution in [1.29, 1.82) is 0 Å². The Morgan fingerprint density at radius 3 is 2.86 bits per heavy atom. The summed E-state index contributed by atoms with van der Waals surface area (Å²) in [5.74, 6) is 1.66. The van der Waals surface area contributed by atoms with Crippen LogP contribution in [0.2, 0.25) is 0 Å². The van der Waals surface area contributed by atoms with Gasteiger partial charge in [-0.25, -0.2) is 0 Å². The maximum Gasteiger partial charge on any atom is 0.266 e. The number of piperidine rings is 1. The highest BCUT2D eigenvalue weighted by molar-refractivity contribution is 5.92. The van der Waals surface area contributed by atoms with Crippen LogP contribution in [-0.2, 0) is 4.79 Å². The minimum Gasteiger partial charge on any atom is -0.364 e. The molecule has 1 unspecified atom stereocenters. The number of fused-ring (bicyclic) bond motifs is 1. The number of nitrogens with two attached hydrogens (primary N) is 1. The normalized spacial score (nSPS) is 24.5. The maximum absolute atomic E-state index is 13.7. The van der Waals surface area contributed by atoms with E-state index in [1.165, 1.54) is 18.9 Å². The van der Waals surface area contributed by atoms with Gasteiger partial charge in [0.1, 0.15) is 16.9 Å². The number of rotatable bonds is 8. The van der Waals surface area contributed by atoms with Crippen LogP contribution in [0.4, 0.5) is 17.7 Å². The summed E-state index contributed by atoms with van der Waals surface area (Å²) in [4.78, 5) is 39.3. The predicted octanol–water partition coefficient (Wildman–Crippen LogP) is 1.64. The molecule has 2 aliphatic heterocycles. The first-order valence-corrected chi connectivity index (χ1v) is 13.2. The number of aromatic amines is 1. The zero-order valence-electron chi connectivity index (χ0n) is 21.1. The van der Waals surface area contributed by atoms with Crippen molar-refractivity contribution in [3.63, 3.8) is 0 Å². The first kappa shape index (κ1) is 23.7. The van der Waals surface area contributed by atoms with Gasteiger partial charge in [0.05, 0.1) is 0 Å². The average Bonchev–Trinajstić information content (AvgIpc) is 3.25. The molecule has 0 aromatic carbocycles. The first-order valence-electron chi connectivity index (χ1n) is 13.2. The van der Waals surface area contributed by atoms with Crippen LogP contribution in [0.1, 0.15) is 55.9 Å². The molecule has 0 spiro atoms. The fourth-order valence-corrected chi connectivity index (χ4v) is 5.62. The van der Waals surface area contributed by atoms with E-state index in [9.17, 15) is 9.59 Å². The highest BCUT2D eigenvalue weighted by Gasteiger charge is 2.45. The highest BCUT2D eigenvalue weighted by Crippen LogP contribution is 2.34. The number of carbonyl (C=O) groups is 2. The van der Waals surface area contributed by atoms with E-state index < -0.39 is 11.4 Å². The van der Waals surface area contributed by atoms with Crippen LogP contribution in [-0.4, -0.2) is 79.0 Å². The number of nitrogens with zero attached hydrogens (tertiary/aromatic N) is 6. The van der Waals surface area contributed by atoms with Crippen molar-refractivity contribution in [3.8, 4) is 0 Å². The largest absolute Gasteiger partial charge is 0.364 e. The van der Waals surface area contributed by atoms with Crippen LogP contribution in [0.25, 0.3) is 5.65 Å².